The van der Waals surface area contributed by atoms with Crippen LogP contribution in [-0.4, -0.2) is 63.0 Å². The number of fused-ring (bicyclic) bond motifs is 1. The van der Waals surface area contributed by atoms with E-state index in [0.717, 1.165) is 57.0 Å². The summed E-state index contributed by atoms with van der Waals surface area (Å²) in [5.41, 5.74) is 1.15. The first-order valence-corrected chi connectivity index (χ1v) is 8.36. The highest BCUT2D eigenvalue weighted by molar-refractivity contribution is 5.74. The van der Waals surface area contributed by atoms with Crippen LogP contribution in [0.5, 0.6) is 5.75 Å². The Morgan fingerprint density at radius 3 is 2.96 bits per heavy atom. The largest absolute Gasteiger partial charge is 0.491 e. The number of nitrogens with zero attached hydrogens (tertiary/aromatic N) is 1. The quantitative estimate of drug-likeness (QED) is 0.795. The van der Waals surface area contributed by atoms with Gasteiger partial charge in [0, 0.05) is 19.6 Å². The Morgan fingerprint density at radius 2 is 2.09 bits per heavy atom. The van der Waals surface area contributed by atoms with Gasteiger partial charge >= 0.3 is 6.03 Å². The summed E-state index contributed by atoms with van der Waals surface area (Å²) in [4.78, 5) is 14.3. The number of carbonyl (C=O) groups is 1. The molecule has 1 atom stereocenters. The second kappa shape index (κ2) is 8.17. The molecule has 0 radical (unpaired) electrons. The molecule has 0 saturated carbocycles. The van der Waals surface area contributed by atoms with Gasteiger partial charge in [-0.25, -0.2) is 4.79 Å². The third kappa shape index (κ3) is 4.84. The highest BCUT2D eigenvalue weighted by atomic mass is 16.5. The molecule has 2 heterocycles. The van der Waals surface area contributed by atoms with Crippen LogP contribution in [0.15, 0.2) is 24.3 Å². The monoisotopic (exact) mass is 319 g/mol. The normalized spacial score (nSPS) is 21.1. The van der Waals surface area contributed by atoms with Crippen molar-refractivity contribution in [2.75, 3.05) is 46.0 Å². The fourth-order valence-electron chi connectivity index (χ4n) is 2.99. The van der Waals surface area contributed by atoms with Crippen molar-refractivity contribution in [3.63, 3.8) is 0 Å². The van der Waals surface area contributed by atoms with Crippen LogP contribution in [0.1, 0.15) is 12.0 Å². The van der Waals surface area contributed by atoms with Gasteiger partial charge in [-0.1, -0.05) is 18.2 Å². The number of amides is 2. The highest BCUT2D eigenvalue weighted by Gasteiger charge is 2.20. The van der Waals surface area contributed by atoms with Crippen molar-refractivity contribution in [2.45, 2.75) is 18.9 Å². The minimum atomic E-state index is -0.111. The van der Waals surface area contributed by atoms with E-state index in [2.05, 4.69) is 15.5 Å². The summed E-state index contributed by atoms with van der Waals surface area (Å²) in [7, 11) is 0. The van der Waals surface area contributed by atoms with Gasteiger partial charge in [-0.05, 0) is 31.0 Å². The average molecular weight is 319 g/mol. The van der Waals surface area contributed by atoms with Crippen molar-refractivity contribution in [2.24, 2.45) is 0 Å². The average Bonchev–Trinajstić information content (AvgIpc) is 2.59. The maximum absolute atomic E-state index is 12.0. The fraction of sp³-hybridized carbons (Fsp3) is 0.588. The molecule has 0 aliphatic carbocycles. The number of ether oxygens (including phenoxy) is 2. The lowest BCUT2D eigenvalue weighted by molar-refractivity contribution is 0.0375. The Labute approximate surface area is 137 Å². The number of carbonyl (C=O) groups excluding carboxylic acids is 1. The minimum absolute atomic E-state index is 0.0316. The predicted octanol–water partition coefficient (Wildman–Crippen LogP) is 1.01. The summed E-state index contributed by atoms with van der Waals surface area (Å²) in [6.07, 6.45) is 1.77. The molecule has 6 nitrogen and oxygen atoms in total. The van der Waals surface area contributed by atoms with Gasteiger partial charge in [-0.2, -0.15) is 0 Å². The molecule has 1 aromatic rings. The van der Waals surface area contributed by atoms with E-state index in [9.17, 15) is 4.79 Å². The van der Waals surface area contributed by atoms with Crippen LogP contribution in [-0.2, 0) is 11.2 Å². The molecule has 2 aliphatic heterocycles. The number of rotatable bonds is 5. The number of nitrogens with one attached hydrogen (secondary N) is 2. The van der Waals surface area contributed by atoms with Crippen LogP contribution in [0.2, 0.25) is 0 Å². The molecule has 1 aromatic carbocycles. The standard InChI is InChI=1S/C17H25N3O3/c21-17(18-6-3-7-20-8-10-22-11-9-20)19-15-12-14-4-1-2-5-16(14)23-13-15/h1-2,4-5,15H,3,6-13H2,(H2,18,19,21). The van der Waals surface area contributed by atoms with Crippen molar-refractivity contribution in [3.8, 4) is 5.75 Å². The van der Waals surface area contributed by atoms with Crippen LogP contribution in [0.25, 0.3) is 0 Å². The van der Waals surface area contributed by atoms with E-state index < -0.39 is 0 Å². The van der Waals surface area contributed by atoms with E-state index in [1.54, 1.807) is 0 Å². The van der Waals surface area contributed by atoms with Crippen LogP contribution in [0, 0.1) is 0 Å². The summed E-state index contributed by atoms with van der Waals surface area (Å²) in [5, 5.41) is 5.92. The van der Waals surface area contributed by atoms with E-state index in [4.69, 9.17) is 9.47 Å². The van der Waals surface area contributed by atoms with Crippen molar-refractivity contribution >= 4 is 6.03 Å². The van der Waals surface area contributed by atoms with Crippen LogP contribution in [0.4, 0.5) is 4.79 Å². The molecule has 3 rings (SSSR count). The van der Waals surface area contributed by atoms with Crippen molar-refractivity contribution in [1.82, 2.24) is 15.5 Å². The molecule has 23 heavy (non-hydrogen) atoms. The Balaban J connectivity index is 1.32. The molecule has 126 valence electrons. The highest BCUT2D eigenvalue weighted by Crippen LogP contribution is 2.23. The Hall–Kier alpha value is -1.79. The Bertz CT molecular complexity index is 518. The predicted molar refractivity (Wildman–Crippen MR) is 87.8 cm³/mol. The molecule has 1 saturated heterocycles. The second-order valence-electron chi connectivity index (χ2n) is 6.03. The zero-order chi connectivity index (χ0) is 15.9. The van der Waals surface area contributed by atoms with Crippen molar-refractivity contribution < 1.29 is 14.3 Å². The summed E-state index contributed by atoms with van der Waals surface area (Å²) in [6.45, 7) is 5.83. The third-order valence-electron chi connectivity index (χ3n) is 4.25. The minimum Gasteiger partial charge on any atom is -0.491 e. The first kappa shape index (κ1) is 16.1. The van der Waals surface area contributed by atoms with E-state index in [-0.39, 0.29) is 12.1 Å². The summed E-state index contributed by atoms with van der Waals surface area (Å²) in [6, 6.07) is 7.90. The zero-order valence-corrected chi connectivity index (χ0v) is 13.4. The fourth-order valence-corrected chi connectivity index (χ4v) is 2.99. The number of morpholine rings is 1. The number of hydrogen-bond acceptors (Lipinski definition) is 4. The van der Waals surface area contributed by atoms with Gasteiger partial charge in [0.1, 0.15) is 12.4 Å². The number of benzene rings is 1. The van der Waals surface area contributed by atoms with Gasteiger partial charge in [0.25, 0.3) is 0 Å². The first-order chi connectivity index (χ1) is 11.3. The van der Waals surface area contributed by atoms with Gasteiger partial charge in [0.05, 0.1) is 19.3 Å². The molecule has 0 bridgehead atoms. The van der Waals surface area contributed by atoms with Crippen molar-refractivity contribution in [3.05, 3.63) is 29.8 Å². The molecule has 1 unspecified atom stereocenters. The van der Waals surface area contributed by atoms with E-state index in [0.29, 0.717) is 13.2 Å². The Morgan fingerprint density at radius 1 is 1.26 bits per heavy atom. The molecular weight excluding hydrogens is 294 g/mol. The molecule has 6 heteroatoms. The summed E-state index contributed by atoms with van der Waals surface area (Å²) in [5.74, 6) is 0.927. The Kier molecular flexibility index (Phi) is 5.71. The van der Waals surface area contributed by atoms with Gasteiger partial charge in [-0.15, -0.1) is 0 Å². The third-order valence-corrected chi connectivity index (χ3v) is 4.25. The molecule has 0 spiro atoms. The van der Waals surface area contributed by atoms with E-state index >= 15 is 0 Å². The first-order valence-electron chi connectivity index (χ1n) is 8.36. The number of urea groups is 1. The molecule has 2 aliphatic rings. The van der Waals surface area contributed by atoms with Crippen LogP contribution in [0.3, 0.4) is 0 Å². The molecule has 0 aromatic heterocycles. The molecule has 2 amide bonds. The molecule has 1 fully saturated rings. The lowest BCUT2D eigenvalue weighted by Crippen LogP contribution is -2.47. The van der Waals surface area contributed by atoms with Crippen molar-refractivity contribution in [1.29, 1.82) is 0 Å². The topological polar surface area (TPSA) is 62.8 Å². The van der Waals surface area contributed by atoms with E-state index in [1.165, 1.54) is 0 Å². The lowest BCUT2D eigenvalue weighted by Gasteiger charge is -2.27. The van der Waals surface area contributed by atoms with Crippen LogP contribution >= 0.6 is 0 Å². The zero-order valence-electron chi connectivity index (χ0n) is 13.4. The number of hydrogen-bond donors (Lipinski definition) is 2. The number of para-hydroxylation sites is 1. The van der Waals surface area contributed by atoms with Gasteiger partial charge < -0.3 is 20.1 Å². The second-order valence-corrected chi connectivity index (χ2v) is 6.03. The van der Waals surface area contributed by atoms with Crippen LogP contribution < -0.4 is 15.4 Å². The van der Waals surface area contributed by atoms with Gasteiger partial charge in [0.15, 0.2) is 0 Å². The molecular formula is C17H25N3O3. The van der Waals surface area contributed by atoms with Gasteiger partial charge in [0.2, 0.25) is 0 Å². The lowest BCUT2D eigenvalue weighted by atomic mass is 10.0. The smallest absolute Gasteiger partial charge is 0.315 e. The summed E-state index contributed by atoms with van der Waals surface area (Å²) >= 11 is 0. The molecule has 2 N–H and O–H groups in total. The SMILES string of the molecule is O=C(NCCCN1CCOCC1)NC1COc2ccccc2C1. The van der Waals surface area contributed by atoms with Gasteiger partial charge in [-0.3, -0.25) is 4.90 Å². The summed E-state index contributed by atoms with van der Waals surface area (Å²) < 4.78 is 11.0. The maximum Gasteiger partial charge on any atom is 0.315 e. The maximum atomic E-state index is 12.0. The van der Waals surface area contributed by atoms with E-state index in [1.807, 2.05) is 24.3 Å².